The van der Waals surface area contributed by atoms with Crippen molar-refractivity contribution in [3.63, 3.8) is 0 Å². The Labute approximate surface area is 100 Å². The minimum Gasteiger partial charge on any atom is -0.383 e. The van der Waals surface area contributed by atoms with Gasteiger partial charge in [0, 0.05) is 18.7 Å². The molecule has 1 N–H and O–H groups in total. The van der Waals surface area contributed by atoms with Gasteiger partial charge >= 0.3 is 0 Å². The highest BCUT2D eigenvalue weighted by Gasteiger charge is 2.08. The maximum Gasteiger partial charge on any atom is 0.161 e. The number of unbranched alkanes of at least 4 members (excludes halogenated alkanes) is 4. The Bertz CT molecular complexity index is 353. The lowest BCUT2D eigenvalue weighted by molar-refractivity contribution is 0.496. The molecule has 0 saturated heterocycles. The fraction of sp³-hybridized carbons (Fsp3) is 0.538. The molecule has 1 aromatic carbocycles. The van der Waals surface area contributed by atoms with Crippen LogP contribution in [0, 0.1) is 17.5 Å². The summed E-state index contributed by atoms with van der Waals surface area (Å²) in [5, 5.41) is 2.78. The van der Waals surface area contributed by atoms with Gasteiger partial charge in [-0.25, -0.2) is 13.2 Å². The zero-order valence-electron chi connectivity index (χ0n) is 10.0. The van der Waals surface area contributed by atoms with E-state index in [4.69, 9.17) is 0 Å². The highest BCUT2D eigenvalue weighted by atomic mass is 19.2. The van der Waals surface area contributed by atoms with Gasteiger partial charge in [0.25, 0.3) is 0 Å². The van der Waals surface area contributed by atoms with Crippen LogP contribution in [0.4, 0.5) is 18.9 Å². The summed E-state index contributed by atoms with van der Waals surface area (Å²) in [6, 6.07) is 1.42. The van der Waals surface area contributed by atoms with Gasteiger partial charge in [-0.3, -0.25) is 0 Å². The molecule has 0 heterocycles. The Morgan fingerprint density at radius 1 is 0.882 bits per heavy atom. The summed E-state index contributed by atoms with van der Waals surface area (Å²) in [7, 11) is 0. The zero-order chi connectivity index (χ0) is 12.7. The van der Waals surface area contributed by atoms with Crippen LogP contribution in [0.15, 0.2) is 12.1 Å². The van der Waals surface area contributed by atoms with Gasteiger partial charge < -0.3 is 5.32 Å². The van der Waals surface area contributed by atoms with E-state index in [1.54, 1.807) is 0 Å². The Kier molecular flexibility index (Phi) is 5.87. The number of hydrogen-bond acceptors (Lipinski definition) is 1. The third kappa shape index (κ3) is 4.67. The number of hydrogen-bond donors (Lipinski definition) is 1. The van der Waals surface area contributed by atoms with Gasteiger partial charge in [-0.2, -0.15) is 0 Å². The molecule has 0 aromatic heterocycles. The number of halogens is 3. The lowest BCUT2D eigenvalue weighted by Gasteiger charge is -2.07. The van der Waals surface area contributed by atoms with Gasteiger partial charge in [0.15, 0.2) is 11.6 Å². The van der Waals surface area contributed by atoms with E-state index in [1.165, 1.54) is 12.8 Å². The second-order valence-corrected chi connectivity index (χ2v) is 4.09. The van der Waals surface area contributed by atoms with Crippen molar-refractivity contribution in [2.75, 3.05) is 11.9 Å². The first-order valence-electron chi connectivity index (χ1n) is 6.03. The van der Waals surface area contributed by atoms with Crippen LogP contribution in [0.1, 0.15) is 39.0 Å². The summed E-state index contributed by atoms with van der Waals surface area (Å²) in [6.45, 7) is 2.71. The lowest BCUT2D eigenvalue weighted by atomic mass is 10.1. The first-order chi connectivity index (χ1) is 8.15. The van der Waals surface area contributed by atoms with Crippen molar-refractivity contribution in [1.29, 1.82) is 0 Å². The van der Waals surface area contributed by atoms with Crippen molar-refractivity contribution in [1.82, 2.24) is 0 Å². The molecule has 0 atom stereocenters. The molecule has 4 heteroatoms. The van der Waals surface area contributed by atoms with Crippen LogP contribution < -0.4 is 5.32 Å². The van der Waals surface area contributed by atoms with Gasteiger partial charge in [-0.15, -0.1) is 0 Å². The Balaban J connectivity index is 2.34. The SMILES string of the molecule is CCCCCCCNc1cc(F)c(F)cc1F. The molecule has 1 rings (SSSR count). The topological polar surface area (TPSA) is 12.0 Å². The quantitative estimate of drug-likeness (QED) is 0.551. The highest BCUT2D eigenvalue weighted by molar-refractivity contribution is 5.45. The predicted molar refractivity (Wildman–Crippen MR) is 63.6 cm³/mol. The van der Waals surface area contributed by atoms with Crippen LogP contribution in [0.5, 0.6) is 0 Å². The lowest BCUT2D eigenvalue weighted by Crippen LogP contribution is -2.04. The molecule has 0 bridgehead atoms. The summed E-state index contributed by atoms with van der Waals surface area (Å²) in [5.41, 5.74) is 0.0272. The molecule has 96 valence electrons. The number of anilines is 1. The minimum absolute atomic E-state index is 0.0272. The van der Waals surface area contributed by atoms with Crippen LogP contribution in [-0.2, 0) is 0 Å². The average Bonchev–Trinajstić information content (AvgIpc) is 2.30. The molecule has 17 heavy (non-hydrogen) atoms. The fourth-order valence-electron chi connectivity index (χ4n) is 1.61. The third-order valence-corrected chi connectivity index (χ3v) is 2.61. The van der Waals surface area contributed by atoms with E-state index in [0.29, 0.717) is 12.6 Å². The summed E-state index contributed by atoms with van der Waals surface area (Å²) < 4.78 is 38.7. The number of benzene rings is 1. The van der Waals surface area contributed by atoms with E-state index >= 15 is 0 Å². The maximum absolute atomic E-state index is 13.2. The second-order valence-electron chi connectivity index (χ2n) is 4.09. The molecule has 0 spiro atoms. The summed E-state index contributed by atoms with van der Waals surface area (Å²) in [6.07, 6.45) is 5.48. The van der Waals surface area contributed by atoms with Crippen molar-refractivity contribution in [3.05, 3.63) is 29.6 Å². The third-order valence-electron chi connectivity index (χ3n) is 2.61. The van der Waals surface area contributed by atoms with Gasteiger partial charge in [-0.1, -0.05) is 32.6 Å². The van der Waals surface area contributed by atoms with Crippen LogP contribution >= 0.6 is 0 Å². The largest absolute Gasteiger partial charge is 0.383 e. The van der Waals surface area contributed by atoms with Gasteiger partial charge in [0.1, 0.15) is 5.82 Å². The Morgan fingerprint density at radius 3 is 2.24 bits per heavy atom. The predicted octanol–water partition coefficient (Wildman–Crippen LogP) is 4.49. The van der Waals surface area contributed by atoms with Gasteiger partial charge in [0.05, 0.1) is 5.69 Å². The Morgan fingerprint density at radius 2 is 1.53 bits per heavy atom. The molecule has 0 amide bonds. The van der Waals surface area contributed by atoms with Crippen LogP contribution in [-0.4, -0.2) is 6.54 Å². The molecular formula is C13H18F3N. The maximum atomic E-state index is 13.2. The molecule has 1 nitrogen and oxygen atoms in total. The molecule has 0 saturated carbocycles. The van der Waals surface area contributed by atoms with E-state index in [2.05, 4.69) is 12.2 Å². The van der Waals surface area contributed by atoms with Crippen LogP contribution in [0.3, 0.4) is 0 Å². The molecule has 0 radical (unpaired) electrons. The van der Waals surface area contributed by atoms with Crippen molar-refractivity contribution in [3.8, 4) is 0 Å². The minimum atomic E-state index is -1.16. The van der Waals surface area contributed by atoms with E-state index < -0.39 is 17.5 Å². The molecule has 0 aliphatic carbocycles. The van der Waals surface area contributed by atoms with Crippen LogP contribution in [0.2, 0.25) is 0 Å². The molecule has 1 aromatic rings. The van der Waals surface area contributed by atoms with Crippen molar-refractivity contribution < 1.29 is 13.2 Å². The molecule has 0 unspecified atom stereocenters. The zero-order valence-corrected chi connectivity index (χ0v) is 10.0. The summed E-state index contributed by atoms with van der Waals surface area (Å²) in [5.74, 6) is -2.94. The van der Waals surface area contributed by atoms with Crippen molar-refractivity contribution in [2.45, 2.75) is 39.0 Å². The van der Waals surface area contributed by atoms with Gasteiger partial charge in [0.2, 0.25) is 0 Å². The number of rotatable bonds is 7. The monoisotopic (exact) mass is 245 g/mol. The average molecular weight is 245 g/mol. The number of nitrogens with one attached hydrogen (secondary N) is 1. The van der Waals surface area contributed by atoms with E-state index in [9.17, 15) is 13.2 Å². The summed E-state index contributed by atoms with van der Waals surface area (Å²) >= 11 is 0. The van der Waals surface area contributed by atoms with Gasteiger partial charge in [-0.05, 0) is 6.42 Å². The van der Waals surface area contributed by atoms with Crippen molar-refractivity contribution >= 4 is 5.69 Å². The highest BCUT2D eigenvalue weighted by Crippen LogP contribution is 2.18. The smallest absolute Gasteiger partial charge is 0.161 e. The molecule has 0 fully saturated rings. The summed E-state index contributed by atoms with van der Waals surface area (Å²) in [4.78, 5) is 0. The Hall–Kier alpha value is -1.19. The first kappa shape index (κ1) is 13.9. The normalized spacial score (nSPS) is 10.6. The standard InChI is InChI=1S/C13H18F3N/c1-2-3-4-5-6-7-17-13-9-11(15)10(14)8-12(13)16/h8-9,17H,2-7H2,1H3. The molecular weight excluding hydrogens is 227 g/mol. The molecule has 0 aliphatic heterocycles. The van der Waals surface area contributed by atoms with Crippen molar-refractivity contribution in [2.24, 2.45) is 0 Å². The van der Waals surface area contributed by atoms with E-state index in [1.807, 2.05) is 0 Å². The fourth-order valence-corrected chi connectivity index (χ4v) is 1.61. The van der Waals surface area contributed by atoms with E-state index in [-0.39, 0.29) is 5.69 Å². The molecule has 0 aliphatic rings. The second kappa shape index (κ2) is 7.20. The van der Waals surface area contributed by atoms with E-state index in [0.717, 1.165) is 25.3 Å². The first-order valence-corrected chi connectivity index (χ1v) is 6.03. The van der Waals surface area contributed by atoms with Crippen LogP contribution in [0.25, 0.3) is 0 Å².